The Kier molecular flexibility index (Phi) is 16.6. The quantitative estimate of drug-likeness (QED) is 0.0703. The maximum absolute atomic E-state index is 2.78. The molecule has 66 heavy (non-hydrogen) atoms. The van der Waals surface area contributed by atoms with Gasteiger partial charge in [0.05, 0.1) is 0 Å². The van der Waals surface area contributed by atoms with Gasteiger partial charge in [-0.15, -0.1) is 0 Å². The van der Waals surface area contributed by atoms with Gasteiger partial charge in [0.1, 0.15) is 0 Å². The standard InChI is InChI=1S/C60H56N2P4/c1-9-28-53(29-10-1)63(54-30-11-2-12-31-54)47-61(48-64(55-32-13-3-14-33-55)56-34-15-4-16-35-56)45-51-26-25-27-52(44-51)46-62(49-65(57-36-17-5-18-37-57)58-38-19-6-20-39-58)50-66(59-40-21-7-22-41-59)60-42-23-8-24-43-60/h1-44H,45-50H2. The molecular weight excluding hydrogens is 873 g/mol. The number of benzene rings is 9. The summed E-state index contributed by atoms with van der Waals surface area (Å²) in [6.45, 7) is 1.73. The van der Waals surface area contributed by atoms with E-state index < -0.39 is 31.7 Å². The van der Waals surface area contributed by atoms with Crippen LogP contribution in [0, 0.1) is 0 Å². The molecule has 0 radical (unpaired) electrons. The zero-order chi connectivity index (χ0) is 44.6. The van der Waals surface area contributed by atoms with E-state index in [1.807, 2.05) is 0 Å². The summed E-state index contributed by atoms with van der Waals surface area (Å²) in [5.41, 5.74) is 2.72. The Bertz CT molecular complexity index is 2250. The van der Waals surface area contributed by atoms with Gasteiger partial charge in [-0.1, -0.05) is 267 Å². The lowest BCUT2D eigenvalue weighted by Crippen LogP contribution is -2.32. The molecule has 6 heteroatoms. The van der Waals surface area contributed by atoms with E-state index in [1.165, 1.54) is 53.6 Å². The SMILES string of the molecule is c1ccc(P(CN(Cc2cccc(CN(CP(c3ccccc3)c3ccccc3)CP(c3ccccc3)c3ccccc3)c2)CP(c2ccccc2)c2ccccc2)c2ccccc2)cc1. The number of hydrogen-bond donors (Lipinski definition) is 0. The lowest BCUT2D eigenvalue weighted by atomic mass is 10.1. The van der Waals surface area contributed by atoms with Crippen LogP contribution in [0.1, 0.15) is 11.1 Å². The van der Waals surface area contributed by atoms with Gasteiger partial charge in [0.25, 0.3) is 0 Å². The molecule has 9 aromatic carbocycles. The van der Waals surface area contributed by atoms with Gasteiger partial charge in [-0.25, -0.2) is 0 Å². The van der Waals surface area contributed by atoms with Gasteiger partial charge >= 0.3 is 0 Å². The molecular formula is C60H56N2P4. The third-order valence-electron chi connectivity index (χ3n) is 11.7. The summed E-state index contributed by atoms with van der Waals surface area (Å²) in [6, 6.07) is 99.4. The molecule has 0 heterocycles. The first-order valence-corrected chi connectivity index (χ1v) is 28.9. The number of hydrogen-bond acceptors (Lipinski definition) is 2. The van der Waals surface area contributed by atoms with Gasteiger partial charge in [-0.05, 0) is 85.2 Å². The minimum absolute atomic E-state index is 0.653. The lowest BCUT2D eigenvalue weighted by molar-refractivity contribution is 0.360. The maximum Gasteiger partial charge on any atom is 0.0273 e. The van der Waals surface area contributed by atoms with Crippen LogP contribution in [0.4, 0.5) is 0 Å². The van der Waals surface area contributed by atoms with Gasteiger partial charge in [-0.3, -0.25) is 9.80 Å². The van der Waals surface area contributed by atoms with Crippen LogP contribution in [0.2, 0.25) is 0 Å². The van der Waals surface area contributed by atoms with Crippen molar-refractivity contribution in [2.45, 2.75) is 13.1 Å². The van der Waals surface area contributed by atoms with Crippen LogP contribution in [0.15, 0.2) is 267 Å². The first-order chi connectivity index (χ1) is 32.7. The van der Waals surface area contributed by atoms with Gasteiger partial charge in [0, 0.05) is 38.2 Å². The molecule has 9 aromatic rings. The van der Waals surface area contributed by atoms with Crippen molar-refractivity contribution < 1.29 is 0 Å². The minimum Gasteiger partial charge on any atom is -0.290 e. The normalized spacial score (nSPS) is 11.6. The van der Waals surface area contributed by atoms with E-state index in [-0.39, 0.29) is 0 Å². The predicted molar refractivity (Wildman–Crippen MR) is 293 cm³/mol. The second kappa shape index (κ2) is 23.9. The van der Waals surface area contributed by atoms with E-state index in [1.54, 1.807) is 0 Å². The van der Waals surface area contributed by atoms with Crippen molar-refractivity contribution in [2.75, 3.05) is 25.1 Å². The zero-order valence-electron chi connectivity index (χ0n) is 37.3. The maximum atomic E-state index is 2.78. The molecule has 0 atom stereocenters. The average molecular weight is 929 g/mol. The topological polar surface area (TPSA) is 6.48 Å². The average Bonchev–Trinajstić information content (AvgIpc) is 3.40. The second-order valence-corrected chi connectivity index (χ2v) is 25.1. The van der Waals surface area contributed by atoms with E-state index in [0.29, 0.717) is 0 Å². The molecule has 0 aliphatic rings. The third-order valence-corrected chi connectivity index (χ3v) is 21.8. The van der Waals surface area contributed by atoms with Crippen molar-refractivity contribution in [3.63, 3.8) is 0 Å². The number of rotatable bonds is 20. The molecule has 0 unspecified atom stereocenters. The second-order valence-electron chi connectivity index (χ2n) is 16.4. The Balaban J connectivity index is 1.08. The highest BCUT2D eigenvalue weighted by atomic mass is 31.1. The first kappa shape index (κ1) is 45.8. The molecule has 0 aromatic heterocycles. The van der Waals surface area contributed by atoms with Crippen LogP contribution in [0.3, 0.4) is 0 Å². The minimum atomic E-state index is -0.653. The Morgan fingerprint density at radius 2 is 0.394 bits per heavy atom. The monoisotopic (exact) mass is 928 g/mol. The molecule has 0 amide bonds. The Hall–Kier alpha value is -5.38. The first-order valence-electron chi connectivity index (χ1n) is 22.8. The van der Waals surface area contributed by atoms with Crippen LogP contribution in [-0.2, 0) is 13.1 Å². The fourth-order valence-corrected chi connectivity index (χ4v) is 18.0. The molecule has 2 nitrogen and oxygen atoms in total. The molecule has 0 N–H and O–H groups in total. The Labute approximate surface area is 398 Å². The van der Waals surface area contributed by atoms with Gasteiger partial charge in [-0.2, -0.15) is 0 Å². The van der Waals surface area contributed by atoms with Crippen LogP contribution in [-0.4, -0.2) is 34.9 Å². The van der Waals surface area contributed by atoms with Crippen LogP contribution >= 0.6 is 31.7 Å². The summed E-state index contributed by atoms with van der Waals surface area (Å²) in [4.78, 5) is 5.56. The molecule has 0 saturated carbocycles. The van der Waals surface area contributed by atoms with Crippen molar-refractivity contribution >= 4 is 74.1 Å². The highest BCUT2D eigenvalue weighted by Crippen LogP contribution is 2.42. The molecule has 0 spiro atoms. The Morgan fingerprint density at radius 3 is 0.576 bits per heavy atom. The molecule has 326 valence electrons. The summed E-state index contributed by atoms with van der Waals surface area (Å²) in [5, 5.41) is 11.3. The van der Waals surface area contributed by atoms with Crippen LogP contribution in [0.25, 0.3) is 0 Å². The number of nitrogens with zero attached hydrogens (tertiary/aromatic N) is 2. The van der Waals surface area contributed by atoms with Crippen molar-refractivity contribution in [1.82, 2.24) is 9.80 Å². The Morgan fingerprint density at radius 1 is 0.212 bits per heavy atom. The van der Waals surface area contributed by atoms with E-state index in [9.17, 15) is 0 Å². The van der Waals surface area contributed by atoms with Gasteiger partial charge in [0.2, 0.25) is 0 Å². The zero-order valence-corrected chi connectivity index (χ0v) is 40.9. The highest BCUT2D eigenvalue weighted by molar-refractivity contribution is 7.74. The molecule has 9 rings (SSSR count). The summed E-state index contributed by atoms with van der Waals surface area (Å²) >= 11 is 0. The van der Waals surface area contributed by atoms with Crippen LogP contribution in [0.5, 0.6) is 0 Å². The highest BCUT2D eigenvalue weighted by Gasteiger charge is 2.25. The molecule has 0 bridgehead atoms. The molecule has 0 saturated heterocycles. The van der Waals surface area contributed by atoms with E-state index >= 15 is 0 Å². The summed E-state index contributed by atoms with van der Waals surface area (Å²) < 4.78 is 0. The van der Waals surface area contributed by atoms with Crippen molar-refractivity contribution in [1.29, 1.82) is 0 Å². The predicted octanol–water partition coefficient (Wildman–Crippen LogP) is 11.7. The van der Waals surface area contributed by atoms with Crippen molar-refractivity contribution in [2.24, 2.45) is 0 Å². The summed E-state index contributed by atoms with van der Waals surface area (Å²) in [7, 11) is -2.61. The smallest absolute Gasteiger partial charge is 0.0273 e. The van der Waals surface area contributed by atoms with E-state index in [0.717, 1.165) is 38.2 Å². The lowest BCUT2D eigenvalue weighted by Gasteiger charge is -2.33. The van der Waals surface area contributed by atoms with Gasteiger partial charge < -0.3 is 0 Å². The van der Waals surface area contributed by atoms with E-state index in [4.69, 9.17) is 0 Å². The largest absolute Gasteiger partial charge is 0.290 e. The molecule has 0 aliphatic heterocycles. The fraction of sp³-hybridized carbons (Fsp3) is 0.100. The molecule has 0 fully saturated rings. The summed E-state index contributed by atoms with van der Waals surface area (Å²) in [6.07, 6.45) is 3.87. The van der Waals surface area contributed by atoms with Crippen LogP contribution < -0.4 is 42.4 Å². The van der Waals surface area contributed by atoms with Crippen molar-refractivity contribution in [3.05, 3.63) is 278 Å². The summed E-state index contributed by atoms with van der Waals surface area (Å²) in [5.74, 6) is 0. The molecule has 0 aliphatic carbocycles. The third kappa shape index (κ3) is 12.5. The fourth-order valence-electron chi connectivity index (χ4n) is 8.55. The van der Waals surface area contributed by atoms with Gasteiger partial charge in [0.15, 0.2) is 0 Å². The van der Waals surface area contributed by atoms with E-state index in [2.05, 4.69) is 277 Å². The van der Waals surface area contributed by atoms with Crippen molar-refractivity contribution in [3.8, 4) is 0 Å².